The quantitative estimate of drug-likeness (QED) is 0.719. The molecule has 1 unspecified atom stereocenters. The molecule has 0 aromatic heterocycles. The van der Waals surface area contributed by atoms with Crippen LogP contribution >= 0.6 is 0 Å². The molecule has 1 aromatic rings. The molecule has 0 radical (unpaired) electrons. The first-order valence-electron chi connectivity index (χ1n) is 8.52. The molecule has 9 heteroatoms. The second-order valence-corrected chi connectivity index (χ2v) is 7.84. The van der Waals surface area contributed by atoms with Crippen molar-refractivity contribution in [2.45, 2.75) is 37.6 Å². The van der Waals surface area contributed by atoms with E-state index in [0.717, 1.165) is 32.9 Å². The first-order valence-corrected chi connectivity index (χ1v) is 10.0. The summed E-state index contributed by atoms with van der Waals surface area (Å²) >= 11 is 0. The molecule has 0 spiro atoms. The standard InChI is InChI=1S/C17H25N3O5S/c1-4-20-9-5-6-13(20)11-18-17(22)15-10-14(7-8-16(15)25-3)26(23,24)19-12(2)21/h7-8,10,13H,4-6,9,11H2,1-3H3,(H,18,22)(H,19,21). The highest BCUT2D eigenvalue weighted by molar-refractivity contribution is 7.90. The van der Waals surface area contributed by atoms with Crippen LogP contribution in [0, 0.1) is 0 Å². The molecular formula is C17H25N3O5S. The average Bonchev–Trinajstić information content (AvgIpc) is 3.05. The molecule has 0 aliphatic carbocycles. The van der Waals surface area contributed by atoms with E-state index in [4.69, 9.17) is 4.74 Å². The van der Waals surface area contributed by atoms with Crippen LogP contribution in [0.1, 0.15) is 37.0 Å². The largest absolute Gasteiger partial charge is 0.496 e. The van der Waals surface area contributed by atoms with Crippen LogP contribution in [0.3, 0.4) is 0 Å². The summed E-state index contributed by atoms with van der Waals surface area (Å²) in [4.78, 5) is 25.8. The number of nitrogens with zero attached hydrogens (tertiary/aromatic N) is 1. The van der Waals surface area contributed by atoms with Crippen molar-refractivity contribution in [2.75, 3.05) is 26.7 Å². The van der Waals surface area contributed by atoms with Gasteiger partial charge in [0.15, 0.2) is 0 Å². The van der Waals surface area contributed by atoms with Gasteiger partial charge in [0.25, 0.3) is 15.9 Å². The Morgan fingerprint density at radius 2 is 2.08 bits per heavy atom. The second-order valence-electron chi connectivity index (χ2n) is 6.16. The van der Waals surface area contributed by atoms with E-state index >= 15 is 0 Å². The van der Waals surface area contributed by atoms with Crippen LogP contribution < -0.4 is 14.8 Å². The van der Waals surface area contributed by atoms with Gasteiger partial charge in [0.05, 0.1) is 17.6 Å². The van der Waals surface area contributed by atoms with Crippen molar-refractivity contribution in [3.05, 3.63) is 23.8 Å². The highest BCUT2D eigenvalue weighted by atomic mass is 32.2. The maximum Gasteiger partial charge on any atom is 0.264 e. The summed E-state index contributed by atoms with van der Waals surface area (Å²) in [6.45, 7) is 5.62. The van der Waals surface area contributed by atoms with Crippen molar-refractivity contribution < 1.29 is 22.7 Å². The Kier molecular flexibility index (Phi) is 6.60. The number of likely N-dealkylation sites (N-methyl/N-ethyl adjacent to an activating group) is 1. The van der Waals surface area contributed by atoms with Crippen LogP contribution in [0.15, 0.2) is 23.1 Å². The van der Waals surface area contributed by atoms with Gasteiger partial charge < -0.3 is 10.1 Å². The number of methoxy groups -OCH3 is 1. The number of hydrogen-bond donors (Lipinski definition) is 2. The van der Waals surface area contributed by atoms with Crippen molar-refractivity contribution in [3.8, 4) is 5.75 Å². The first kappa shape index (κ1) is 20.2. The lowest BCUT2D eigenvalue weighted by Gasteiger charge is -2.23. The van der Waals surface area contributed by atoms with Crippen LogP contribution in [-0.2, 0) is 14.8 Å². The zero-order chi connectivity index (χ0) is 19.3. The first-order chi connectivity index (χ1) is 12.3. The minimum absolute atomic E-state index is 0.111. The number of benzene rings is 1. The fourth-order valence-electron chi connectivity index (χ4n) is 3.13. The number of sulfonamides is 1. The number of hydrogen-bond acceptors (Lipinski definition) is 6. The maximum absolute atomic E-state index is 12.6. The summed E-state index contributed by atoms with van der Waals surface area (Å²) in [5.41, 5.74) is 0.111. The van der Waals surface area contributed by atoms with E-state index in [0.29, 0.717) is 6.54 Å². The fourth-order valence-corrected chi connectivity index (χ4v) is 4.14. The van der Waals surface area contributed by atoms with E-state index in [2.05, 4.69) is 17.1 Å². The molecular weight excluding hydrogens is 358 g/mol. The Morgan fingerprint density at radius 1 is 1.35 bits per heavy atom. The normalized spacial score (nSPS) is 17.7. The topological polar surface area (TPSA) is 105 Å². The summed E-state index contributed by atoms with van der Waals surface area (Å²) in [7, 11) is -2.62. The number of carbonyl (C=O) groups excluding carboxylic acids is 2. The summed E-state index contributed by atoms with van der Waals surface area (Å²) < 4.78 is 31.4. The van der Waals surface area contributed by atoms with Crippen LogP contribution in [0.5, 0.6) is 5.75 Å². The number of carbonyl (C=O) groups is 2. The third-order valence-corrected chi connectivity index (χ3v) is 5.84. The zero-order valence-electron chi connectivity index (χ0n) is 15.2. The molecule has 2 amide bonds. The highest BCUT2D eigenvalue weighted by Gasteiger charge is 2.25. The third-order valence-electron chi connectivity index (χ3n) is 4.41. The maximum atomic E-state index is 12.6. The van der Waals surface area contributed by atoms with Crippen LogP contribution in [0.4, 0.5) is 0 Å². The smallest absolute Gasteiger partial charge is 0.264 e. The van der Waals surface area contributed by atoms with Crippen LogP contribution in [0.25, 0.3) is 0 Å². The Labute approximate surface area is 153 Å². The van der Waals surface area contributed by atoms with Crippen molar-refractivity contribution in [1.82, 2.24) is 14.9 Å². The Hall–Kier alpha value is -2.13. The molecule has 1 aromatic carbocycles. The summed E-state index contributed by atoms with van der Waals surface area (Å²) in [5, 5.41) is 2.86. The summed E-state index contributed by atoms with van der Waals surface area (Å²) in [6, 6.07) is 4.18. The lowest BCUT2D eigenvalue weighted by molar-refractivity contribution is -0.117. The minimum Gasteiger partial charge on any atom is -0.496 e. The second kappa shape index (κ2) is 8.50. The zero-order valence-corrected chi connectivity index (χ0v) is 16.1. The fraction of sp³-hybridized carbons (Fsp3) is 0.529. The van der Waals surface area contributed by atoms with E-state index in [1.54, 1.807) is 0 Å². The van der Waals surface area contributed by atoms with E-state index in [1.165, 1.54) is 25.3 Å². The predicted octanol–water partition coefficient (Wildman–Crippen LogP) is 0.734. The van der Waals surface area contributed by atoms with Gasteiger partial charge in [-0.3, -0.25) is 14.5 Å². The average molecular weight is 383 g/mol. The van der Waals surface area contributed by atoms with Gasteiger partial charge in [-0.1, -0.05) is 6.92 Å². The molecule has 1 fully saturated rings. The molecule has 144 valence electrons. The van der Waals surface area contributed by atoms with Crippen molar-refractivity contribution >= 4 is 21.8 Å². The Morgan fingerprint density at radius 3 is 2.69 bits per heavy atom. The molecule has 8 nitrogen and oxygen atoms in total. The van der Waals surface area contributed by atoms with Crippen molar-refractivity contribution in [2.24, 2.45) is 0 Å². The highest BCUT2D eigenvalue weighted by Crippen LogP contribution is 2.23. The molecule has 2 N–H and O–H groups in total. The summed E-state index contributed by atoms with van der Waals surface area (Å²) in [6.07, 6.45) is 2.12. The van der Waals surface area contributed by atoms with E-state index in [1.807, 2.05) is 4.72 Å². The van der Waals surface area contributed by atoms with Gasteiger partial charge in [0.2, 0.25) is 5.91 Å². The number of likely N-dealkylation sites (tertiary alicyclic amines) is 1. The molecule has 0 bridgehead atoms. The van der Waals surface area contributed by atoms with Gasteiger partial charge in [-0.2, -0.15) is 0 Å². The minimum atomic E-state index is -4.03. The number of rotatable bonds is 7. The monoisotopic (exact) mass is 383 g/mol. The third kappa shape index (κ3) is 4.73. The van der Waals surface area contributed by atoms with Crippen LogP contribution in [0.2, 0.25) is 0 Å². The van der Waals surface area contributed by atoms with Gasteiger partial charge in [0, 0.05) is 19.5 Å². The summed E-state index contributed by atoms with van der Waals surface area (Å²) in [5.74, 6) is -0.847. The molecule has 1 aliphatic rings. The lowest BCUT2D eigenvalue weighted by Crippen LogP contribution is -2.40. The van der Waals surface area contributed by atoms with Gasteiger partial charge in [-0.25, -0.2) is 13.1 Å². The lowest BCUT2D eigenvalue weighted by atomic mass is 10.1. The van der Waals surface area contributed by atoms with Gasteiger partial charge >= 0.3 is 0 Å². The molecule has 1 atom stereocenters. The van der Waals surface area contributed by atoms with Gasteiger partial charge in [0.1, 0.15) is 5.75 Å². The number of ether oxygens (including phenoxy) is 1. The SMILES string of the molecule is CCN1CCCC1CNC(=O)c1cc(S(=O)(=O)NC(C)=O)ccc1OC. The molecule has 1 heterocycles. The molecule has 2 rings (SSSR count). The van der Waals surface area contributed by atoms with E-state index in [-0.39, 0.29) is 22.3 Å². The number of amides is 2. The number of nitrogens with one attached hydrogen (secondary N) is 2. The van der Waals surface area contributed by atoms with Gasteiger partial charge in [-0.15, -0.1) is 0 Å². The molecule has 1 aliphatic heterocycles. The Balaban J connectivity index is 2.19. The van der Waals surface area contributed by atoms with Crippen molar-refractivity contribution in [3.63, 3.8) is 0 Å². The molecule has 26 heavy (non-hydrogen) atoms. The predicted molar refractivity (Wildman–Crippen MR) is 96.6 cm³/mol. The van der Waals surface area contributed by atoms with Gasteiger partial charge in [-0.05, 0) is 44.1 Å². The van der Waals surface area contributed by atoms with E-state index < -0.39 is 21.8 Å². The molecule has 0 saturated carbocycles. The van der Waals surface area contributed by atoms with Crippen molar-refractivity contribution in [1.29, 1.82) is 0 Å². The Bertz CT molecular complexity index is 779. The molecule has 1 saturated heterocycles. The van der Waals surface area contributed by atoms with E-state index in [9.17, 15) is 18.0 Å². The van der Waals surface area contributed by atoms with Crippen LogP contribution in [-0.4, -0.2) is 57.9 Å².